The van der Waals surface area contributed by atoms with Crippen LogP contribution in [-0.2, 0) is 19.3 Å². The highest BCUT2D eigenvalue weighted by Gasteiger charge is 2.29. The summed E-state index contributed by atoms with van der Waals surface area (Å²) in [5.41, 5.74) is 0. The molecule has 0 aliphatic heterocycles. The lowest BCUT2D eigenvalue weighted by atomic mass is 10.3. The van der Waals surface area contributed by atoms with Crippen molar-refractivity contribution in [3.8, 4) is 0 Å². The number of carbonyl (C=O) groups is 1. The van der Waals surface area contributed by atoms with Gasteiger partial charge in [-0.15, -0.1) is 4.28 Å². The number of allylic oxidation sites excluding steroid dienone is 1. The van der Waals surface area contributed by atoms with Gasteiger partial charge in [-0.2, -0.15) is 13.5 Å². The second-order valence-corrected chi connectivity index (χ2v) is 6.98. The molecule has 0 rings (SSSR count). The van der Waals surface area contributed by atoms with Gasteiger partial charge in [-0.3, -0.25) is 0 Å². The lowest BCUT2D eigenvalue weighted by molar-refractivity contribution is -0.0569. The van der Waals surface area contributed by atoms with Crippen molar-refractivity contribution in [2.24, 2.45) is 5.14 Å². The minimum Gasteiger partial charge on any atom is -0.443 e. The van der Waals surface area contributed by atoms with E-state index in [1.165, 1.54) is 13.0 Å². The fourth-order valence-electron chi connectivity index (χ4n) is 0.940. The molecule has 112 valence electrons. The van der Waals surface area contributed by atoms with Crippen molar-refractivity contribution < 1.29 is 22.2 Å². The van der Waals surface area contributed by atoms with Gasteiger partial charge in [0.25, 0.3) is 0 Å². The Kier molecular flexibility index (Phi) is 7.41. The molecular formula is C8H13Cl3N2O5S. The minimum atomic E-state index is -4.39. The average molecular weight is 356 g/mol. The van der Waals surface area contributed by atoms with Crippen LogP contribution in [0.2, 0.25) is 0 Å². The molecule has 0 spiro atoms. The highest BCUT2D eigenvalue weighted by molar-refractivity contribution is 7.84. The monoisotopic (exact) mass is 354 g/mol. The smallest absolute Gasteiger partial charge is 0.435 e. The molecule has 0 aliphatic rings. The average Bonchev–Trinajstić information content (AvgIpc) is 2.20. The van der Waals surface area contributed by atoms with Crippen LogP contribution in [0.25, 0.3) is 0 Å². The van der Waals surface area contributed by atoms with Crippen LogP contribution in [0.3, 0.4) is 0 Å². The number of hydrogen-bond donors (Lipinski definition) is 1. The Morgan fingerprint density at radius 1 is 1.47 bits per heavy atom. The van der Waals surface area contributed by atoms with Crippen LogP contribution < -0.4 is 5.14 Å². The molecule has 1 atom stereocenters. The molecule has 0 aromatic carbocycles. The first kappa shape index (κ1) is 18.8. The van der Waals surface area contributed by atoms with Crippen molar-refractivity contribution in [3.63, 3.8) is 0 Å². The predicted octanol–water partition coefficient (Wildman–Crippen LogP) is 1.89. The summed E-state index contributed by atoms with van der Waals surface area (Å²) < 4.78 is 28.8. The Bertz CT molecular complexity index is 434. The molecular weight excluding hydrogens is 343 g/mol. The molecule has 0 saturated heterocycles. The van der Waals surface area contributed by atoms with E-state index >= 15 is 0 Å². The van der Waals surface area contributed by atoms with Gasteiger partial charge in [-0.1, -0.05) is 47.0 Å². The summed E-state index contributed by atoms with van der Waals surface area (Å²) in [4.78, 5) is 11.6. The highest BCUT2D eigenvalue weighted by atomic mass is 35.6. The standard InChI is InChI=1S/C8H13Cl3N2O5S/c1-3-4-6(2)13(18-19(12,15)16)7(14)17-5-8(9,10)11/h3-4,6H,5H2,1-2H3,(H2,12,15,16)/b4-3+. The molecule has 0 saturated carbocycles. The van der Waals surface area contributed by atoms with Crippen LogP contribution in [0.15, 0.2) is 12.2 Å². The van der Waals surface area contributed by atoms with E-state index in [1.807, 2.05) is 0 Å². The molecule has 19 heavy (non-hydrogen) atoms. The van der Waals surface area contributed by atoms with Gasteiger partial charge >= 0.3 is 16.4 Å². The fraction of sp³-hybridized carbons (Fsp3) is 0.625. The second kappa shape index (κ2) is 7.51. The molecule has 1 amide bonds. The number of nitrogens with zero attached hydrogens (tertiary/aromatic N) is 1. The summed E-state index contributed by atoms with van der Waals surface area (Å²) >= 11 is 16.2. The van der Waals surface area contributed by atoms with Crippen LogP contribution in [0.5, 0.6) is 0 Å². The van der Waals surface area contributed by atoms with Crippen molar-refractivity contribution in [1.29, 1.82) is 0 Å². The molecule has 0 aliphatic carbocycles. The number of hydroxylamine groups is 2. The lowest BCUT2D eigenvalue weighted by Gasteiger charge is -2.24. The normalized spacial score (nSPS) is 14.4. The zero-order valence-corrected chi connectivity index (χ0v) is 13.1. The Morgan fingerprint density at radius 2 is 2.00 bits per heavy atom. The summed E-state index contributed by atoms with van der Waals surface area (Å²) in [7, 11) is -4.39. The molecule has 1 unspecified atom stereocenters. The fourth-order valence-corrected chi connectivity index (χ4v) is 1.52. The molecule has 0 radical (unpaired) electrons. The van der Waals surface area contributed by atoms with Gasteiger partial charge in [0.2, 0.25) is 3.79 Å². The molecule has 0 bridgehead atoms. The van der Waals surface area contributed by atoms with Gasteiger partial charge in [0.05, 0.1) is 6.04 Å². The summed E-state index contributed by atoms with van der Waals surface area (Å²) in [5, 5.41) is 5.10. The first-order chi connectivity index (χ1) is 8.46. The SMILES string of the molecule is C/C=C/C(C)N(OS(N)(=O)=O)C(=O)OCC(Cl)(Cl)Cl. The molecule has 0 heterocycles. The van der Waals surface area contributed by atoms with E-state index in [-0.39, 0.29) is 0 Å². The Morgan fingerprint density at radius 3 is 2.37 bits per heavy atom. The summed E-state index contributed by atoms with van der Waals surface area (Å²) in [6.07, 6.45) is 1.89. The van der Waals surface area contributed by atoms with Gasteiger partial charge < -0.3 is 4.74 Å². The van der Waals surface area contributed by atoms with E-state index in [1.54, 1.807) is 13.0 Å². The zero-order valence-electron chi connectivity index (χ0n) is 10.0. The van der Waals surface area contributed by atoms with E-state index in [0.29, 0.717) is 5.06 Å². The van der Waals surface area contributed by atoms with Crippen molar-refractivity contribution in [3.05, 3.63) is 12.2 Å². The number of carbonyl (C=O) groups excluding carboxylic acids is 1. The molecule has 0 fully saturated rings. The third-order valence-electron chi connectivity index (χ3n) is 1.56. The Hall–Kier alpha value is -0.250. The maximum absolute atomic E-state index is 11.6. The van der Waals surface area contributed by atoms with Gasteiger partial charge in [-0.25, -0.2) is 9.93 Å². The van der Waals surface area contributed by atoms with Gasteiger partial charge in [0, 0.05) is 0 Å². The highest BCUT2D eigenvalue weighted by Crippen LogP contribution is 2.26. The maximum atomic E-state index is 11.6. The number of hydrogen-bond acceptors (Lipinski definition) is 5. The number of amides is 1. The van der Waals surface area contributed by atoms with E-state index in [2.05, 4.69) is 14.2 Å². The first-order valence-corrected chi connectivity index (χ1v) is 7.44. The summed E-state index contributed by atoms with van der Waals surface area (Å²) in [6.45, 7) is 2.56. The van der Waals surface area contributed by atoms with E-state index < -0.39 is 32.8 Å². The first-order valence-electron chi connectivity index (χ1n) is 4.84. The molecule has 0 aromatic rings. The van der Waals surface area contributed by atoms with Crippen molar-refractivity contribution in [2.75, 3.05) is 6.61 Å². The van der Waals surface area contributed by atoms with E-state index in [4.69, 9.17) is 34.8 Å². The van der Waals surface area contributed by atoms with Crippen LogP contribution in [-0.4, -0.2) is 36.0 Å². The summed E-state index contributed by atoms with van der Waals surface area (Å²) in [5.74, 6) is 0. The lowest BCUT2D eigenvalue weighted by Crippen LogP contribution is -2.42. The van der Waals surface area contributed by atoms with E-state index in [9.17, 15) is 13.2 Å². The molecule has 0 aromatic heterocycles. The number of alkyl halides is 3. The topological polar surface area (TPSA) is 98.9 Å². The third kappa shape index (κ3) is 9.31. The van der Waals surface area contributed by atoms with E-state index in [0.717, 1.165) is 0 Å². The zero-order chi connectivity index (χ0) is 15.3. The Labute approximate surface area is 126 Å². The molecule has 2 N–H and O–H groups in total. The van der Waals surface area contributed by atoms with Crippen LogP contribution in [0.4, 0.5) is 4.79 Å². The van der Waals surface area contributed by atoms with Crippen LogP contribution in [0, 0.1) is 0 Å². The minimum absolute atomic E-state index is 0.408. The second-order valence-electron chi connectivity index (χ2n) is 3.33. The number of halogens is 3. The molecule has 11 heteroatoms. The quantitative estimate of drug-likeness (QED) is 0.461. The van der Waals surface area contributed by atoms with Gasteiger partial charge in [-0.05, 0) is 13.8 Å². The van der Waals surface area contributed by atoms with Crippen molar-refractivity contribution in [1.82, 2.24) is 5.06 Å². The number of ether oxygens (including phenoxy) is 1. The molecule has 7 nitrogen and oxygen atoms in total. The van der Waals surface area contributed by atoms with Crippen molar-refractivity contribution in [2.45, 2.75) is 23.7 Å². The van der Waals surface area contributed by atoms with Gasteiger partial charge in [0.1, 0.15) is 6.61 Å². The third-order valence-corrected chi connectivity index (χ3v) is 2.26. The predicted molar refractivity (Wildman–Crippen MR) is 71.9 cm³/mol. The van der Waals surface area contributed by atoms with Crippen LogP contribution >= 0.6 is 34.8 Å². The maximum Gasteiger partial charge on any atom is 0.435 e. The number of rotatable bonds is 5. The van der Waals surface area contributed by atoms with Gasteiger partial charge in [0.15, 0.2) is 0 Å². The number of nitrogens with two attached hydrogens (primary N) is 1. The van der Waals surface area contributed by atoms with Crippen LogP contribution in [0.1, 0.15) is 13.8 Å². The largest absolute Gasteiger partial charge is 0.443 e. The summed E-state index contributed by atoms with van der Waals surface area (Å²) in [6, 6.07) is -0.758. The Balaban J connectivity index is 4.88. The van der Waals surface area contributed by atoms with Crippen molar-refractivity contribution >= 4 is 51.2 Å².